The van der Waals surface area contributed by atoms with E-state index in [0.29, 0.717) is 0 Å². The number of aromatic nitrogens is 1. The van der Waals surface area contributed by atoms with Crippen LogP contribution in [0.2, 0.25) is 0 Å². The molecule has 1 aromatic heterocycles. The second kappa shape index (κ2) is 4.70. The average molecular weight is 245 g/mol. The molecule has 5 N–H and O–H groups in total. The van der Waals surface area contributed by atoms with Crippen molar-refractivity contribution in [2.75, 3.05) is 0 Å². The Bertz CT molecular complexity index is 459. The van der Waals surface area contributed by atoms with Crippen LogP contribution in [0.15, 0.2) is 0 Å². The van der Waals surface area contributed by atoms with E-state index in [2.05, 4.69) is 4.98 Å². The van der Waals surface area contributed by atoms with Gasteiger partial charge in [0.2, 0.25) is 5.75 Å². The Morgan fingerprint density at radius 1 is 0.938 bits per heavy atom. The lowest BCUT2D eigenvalue weighted by Crippen LogP contribution is -2.10. The molecule has 0 fully saturated rings. The first-order valence-electron chi connectivity index (χ1n) is 3.47. The van der Waals surface area contributed by atoms with Crippen molar-refractivity contribution in [1.82, 2.24) is 4.98 Å². The zero-order valence-corrected chi connectivity index (χ0v) is 7.00. The lowest BCUT2D eigenvalue weighted by molar-refractivity contribution is 0.0641. The molecule has 86 valence electrons. The van der Waals surface area contributed by atoms with Gasteiger partial charge in [0.15, 0.2) is 28.8 Å². The molecule has 1 heterocycles. The number of carbonyl (C=O) groups is 2. The van der Waals surface area contributed by atoms with Crippen LogP contribution < -0.4 is 0 Å². The molecule has 9 heteroatoms. The van der Waals surface area contributed by atoms with Crippen molar-refractivity contribution in [2.24, 2.45) is 0 Å². The summed E-state index contributed by atoms with van der Waals surface area (Å²) in [7, 11) is 0. The third-order valence-electron chi connectivity index (χ3n) is 1.54. The first-order valence-corrected chi connectivity index (χ1v) is 3.47. The summed E-state index contributed by atoms with van der Waals surface area (Å²) in [5.41, 5.74) is -2.15. The number of pyridine rings is 1. The number of hydrogen-bond donors (Lipinski definition) is 5. The molecule has 1 rings (SSSR count). The molecule has 16 heavy (non-hydrogen) atoms. The Hall–Kier alpha value is -1.98. The predicted molar refractivity (Wildman–Crippen MR) is 53.1 cm³/mol. The van der Waals surface area contributed by atoms with Crippen LogP contribution in [0.25, 0.3) is 0 Å². The molecule has 0 unspecified atom stereocenters. The van der Waals surface area contributed by atoms with E-state index in [4.69, 9.17) is 25.5 Å². The van der Waals surface area contributed by atoms with E-state index in [1.807, 2.05) is 0 Å². The second-order valence-corrected chi connectivity index (χ2v) is 2.47. The van der Waals surface area contributed by atoms with Gasteiger partial charge in [-0.05, 0) is 0 Å². The van der Waals surface area contributed by atoms with Crippen LogP contribution in [0.1, 0.15) is 20.8 Å². The van der Waals surface area contributed by atoms with Gasteiger partial charge in [0.25, 0.3) is 5.88 Å². The zero-order chi connectivity index (χ0) is 11.7. The van der Waals surface area contributed by atoms with Crippen LogP contribution in [0.3, 0.4) is 0 Å². The van der Waals surface area contributed by atoms with Gasteiger partial charge in [0.1, 0.15) is 5.56 Å². The predicted octanol–water partition coefficient (Wildman–Crippen LogP) is -1.59. The number of rotatable bonds is 2. The maximum Gasteiger partial charge on any atom is 0.355 e. The van der Waals surface area contributed by atoms with E-state index in [1.54, 1.807) is 0 Å². The van der Waals surface area contributed by atoms with E-state index in [0.717, 1.165) is 0 Å². The molecular weight excluding hydrogens is 237 g/mol. The van der Waals surface area contributed by atoms with Crippen LogP contribution >= 0.6 is 0 Å². The van der Waals surface area contributed by atoms with Gasteiger partial charge in [-0.1, -0.05) is 0 Å². The fourth-order valence-corrected chi connectivity index (χ4v) is 0.909. The van der Waals surface area contributed by atoms with Gasteiger partial charge in [-0.2, -0.15) is 0 Å². The molecule has 0 bridgehead atoms. The fourth-order valence-electron chi connectivity index (χ4n) is 0.909. The van der Waals surface area contributed by atoms with Gasteiger partial charge >= 0.3 is 11.9 Å². The molecule has 0 saturated heterocycles. The van der Waals surface area contributed by atoms with Crippen LogP contribution in [0, 0.1) is 0 Å². The van der Waals surface area contributed by atoms with E-state index in [9.17, 15) is 9.59 Å². The maximum atomic E-state index is 10.6. The quantitative estimate of drug-likeness (QED) is 0.391. The smallest absolute Gasteiger partial charge is 0.355 e. The van der Waals surface area contributed by atoms with E-state index >= 15 is 0 Å². The molecule has 0 aliphatic heterocycles. The Kier molecular flexibility index (Phi) is 4.11. The Labute approximate surface area is 98.5 Å². The fraction of sp³-hybridized carbons (Fsp3) is 0. The van der Waals surface area contributed by atoms with Crippen LogP contribution in [-0.2, 0) is 0 Å². The summed E-state index contributed by atoms with van der Waals surface area (Å²) in [4.78, 5) is 24.0. The molecule has 0 radical (unpaired) electrons. The van der Waals surface area contributed by atoms with Crippen LogP contribution in [0.5, 0.6) is 17.4 Å². The molecule has 0 aromatic carbocycles. The Balaban J connectivity index is 0.00000225. The first-order chi connectivity index (χ1) is 6.86. The molecule has 1 aromatic rings. The lowest BCUT2D eigenvalue weighted by atomic mass is 10.1. The van der Waals surface area contributed by atoms with E-state index in [-0.39, 0.29) is 17.4 Å². The third kappa shape index (κ3) is 2.16. The minimum absolute atomic E-state index is 0. The van der Waals surface area contributed by atoms with Crippen molar-refractivity contribution in [3.05, 3.63) is 11.3 Å². The van der Waals surface area contributed by atoms with E-state index < -0.39 is 40.6 Å². The van der Waals surface area contributed by atoms with Crippen LogP contribution in [-0.4, -0.2) is 59.8 Å². The SMILES string of the molecule is O=C(O)c1nc(O)c(O)c(O)c1C(=O)O.[AlH3]. The minimum atomic E-state index is -1.78. The summed E-state index contributed by atoms with van der Waals surface area (Å²) in [5, 5.41) is 43.9. The van der Waals surface area contributed by atoms with Gasteiger partial charge in [-0.15, -0.1) is 0 Å². The standard InChI is InChI=1S/C7H5NO7.Al.3H/c9-3-1(6(12)13)2(7(14)15)8-5(11)4(3)10;;;;/h10H,(H,12,13)(H,14,15)(H2,8,9,11);;;;. The molecule has 0 aliphatic carbocycles. The molecule has 0 spiro atoms. The first kappa shape index (κ1) is 14.0. The number of hydrogen-bond acceptors (Lipinski definition) is 6. The minimum Gasteiger partial charge on any atom is -0.503 e. The highest BCUT2D eigenvalue weighted by atomic mass is 27.0. The van der Waals surface area contributed by atoms with Crippen molar-refractivity contribution in [3.63, 3.8) is 0 Å². The molecule has 0 amide bonds. The maximum absolute atomic E-state index is 10.6. The molecule has 0 atom stereocenters. The average Bonchev–Trinajstić information content (AvgIpc) is 2.12. The summed E-state index contributed by atoms with van der Waals surface area (Å²) in [6, 6.07) is 0. The third-order valence-corrected chi connectivity index (χ3v) is 1.54. The van der Waals surface area contributed by atoms with Crippen molar-refractivity contribution >= 4 is 29.3 Å². The Morgan fingerprint density at radius 3 is 1.81 bits per heavy atom. The van der Waals surface area contributed by atoms with Gasteiger partial charge in [0, 0.05) is 0 Å². The molecular formula is C7H8AlNO7. The van der Waals surface area contributed by atoms with Gasteiger partial charge in [0.05, 0.1) is 0 Å². The molecule has 8 nitrogen and oxygen atoms in total. The highest BCUT2D eigenvalue weighted by molar-refractivity contribution is 6.03. The number of nitrogens with zero attached hydrogens (tertiary/aromatic N) is 1. The summed E-state index contributed by atoms with van der Waals surface area (Å²) in [5.74, 6) is -7.12. The van der Waals surface area contributed by atoms with Crippen molar-refractivity contribution in [3.8, 4) is 17.4 Å². The van der Waals surface area contributed by atoms with E-state index in [1.165, 1.54) is 0 Å². The largest absolute Gasteiger partial charge is 0.503 e. The number of aromatic carboxylic acids is 2. The summed E-state index contributed by atoms with van der Waals surface area (Å²) in [6.45, 7) is 0. The summed E-state index contributed by atoms with van der Waals surface area (Å²) in [6.07, 6.45) is 0. The normalized spacial score (nSPS) is 9.25. The number of carboxylic acids is 2. The monoisotopic (exact) mass is 245 g/mol. The van der Waals surface area contributed by atoms with Crippen LogP contribution in [0.4, 0.5) is 0 Å². The summed E-state index contributed by atoms with van der Waals surface area (Å²) >= 11 is 0. The molecule has 0 saturated carbocycles. The number of aromatic hydroxyl groups is 3. The highest BCUT2D eigenvalue weighted by Crippen LogP contribution is 2.37. The van der Waals surface area contributed by atoms with Crippen molar-refractivity contribution in [1.29, 1.82) is 0 Å². The zero-order valence-electron chi connectivity index (χ0n) is 7.00. The van der Waals surface area contributed by atoms with Gasteiger partial charge < -0.3 is 25.5 Å². The Morgan fingerprint density at radius 2 is 1.44 bits per heavy atom. The number of carboxylic acid groups (broad SMARTS) is 2. The van der Waals surface area contributed by atoms with Crippen molar-refractivity contribution < 1.29 is 35.1 Å². The molecule has 0 aliphatic rings. The highest BCUT2D eigenvalue weighted by Gasteiger charge is 2.27. The van der Waals surface area contributed by atoms with Gasteiger partial charge in [-0.25, -0.2) is 14.6 Å². The lowest BCUT2D eigenvalue weighted by Gasteiger charge is -2.06. The second-order valence-electron chi connectivity index (χ2n) is 2.47. The summed E-state index contributed by atoms with van der Waals surface area (Å²) < 4.78 is 0. The topological polar surface area (TPSA) is 148 Å². The van der Waals surface area contributed by atoms with Crippen molar-refractivity contribution in [2.45, 2.75) is 0 Å². The van der Waals surface area contributed by atoms with Gasteiger partial charge in [-0.3, -0.25) is 0 Å².